The topological polar surface area (TPSA) is 109 Å². The zero-order valence-corrected chi connectivity index (χ0v) is 22.6. The van der Waals surface area contributed by atoms with E-state index in [4.69, 9.17) is 9.47 Å². The summed E-state index contributed by atoms with van der Waals surface area (Å²) in [4.78, 5) is 40.0. The van der Waals surface area contributed by atoms with Gasteiger partial charge >= 0.3 is 0 Å². The van der Waals surface area contributed by atoms with Crippen LogP contribution in [0.4, 0.5) is 11.4 Å². The lowest BCUT2D eigenvalue weighted by molar-refractivity contribution is 0.0988. The van der Waals surface area contributed by atoms with E-state index in [1.54, 1.807) is 31.3 Å². The molecule has 0 bridgehead atoms. The summed E-state index contributed by atoms with van der Waals surface area (Å²) in [5, 5.41) is 2.90. The number of hydrogen-bond acceptors (Lipinski definition) is 6. The van der Waals surface area contributed by atoms with Crippen molar-refractivity contribution in [1.29, 1.82) is 0 Å². The van der Waals surface area contributed by atoms with E-state index in [1.165, 1.54) is 12.0 Å². The number of H-pyrrole nitrogens is 1. The number of aromatic amines is 1. The lowest BCUT2D eigenvalue weighted by Crippen LogP contribution is -2.28. The molecule has 0 saturated carbocycles. The number of para-hydroxylation sites is 2. The summed E-state index contributed by atoms with van der Waals surface area (Å²) in [6.45, 7) is 2.97. The second kappa shape index (κ2) is 12.0. The second-order valence-corrected chi connectivity index (χ2v) is 8.31. The van der Waals surface area contributed by atoms with Crippen LogP contribution in [0.3, 0.4) is 0 Å². The van der Waals surface area contributed by atoms with Crippen molar-refractivity contribution in [3.05, 3.63) is 83.2 Å². The van der Waals surface area contributed by atoms with Gasteiger partial charge in [-0.3, -0.25) is 9.59 Å². The van der Waals surface area contributed by atoms with Crippen molar-refractivity contribution in [1.82, 2.24) is 9.97 Å². The Kier molecular flexibility index (Phi) is 8.98. The number of aryl methyl sites for hydroxylation is 1. The predicted octanol–water partition coefficient (Wildman–Crippen LogP) is 5.03. The van der Waals surface area contributed by atoms with Gasteiger partial charge in [0.1, 0.15) is 23.7 Å². The first kappa shape index (κ1) is 28.5. The van der Waals surface area contributed by atoms with Crippen LogP contribution < -0.4 is 15.0 Å². The van der Waals surface area contributed by atoms with Gasteiger partial charge < -0.3 is 24.7 Å². The quantitative estimate of drug-likeness (QED) is 0.347. The summed E-state index contributed by atoms with van der Waals surface area (Å²) in [7, 11) is 3.16. The molecule has 0 fully saturated rings. The summed E-state index contributed by atoms with van der Waals surface area (Å²) >= 11 is 0. The summed E-state index contributed by atoms with van der Waals surface area (Å²) in [5.41, 5.74) is 4.18. The van der Waals surface area contributed by atoms with Gasteiger partial charge in [-0.25, -0.2) is 9.98 Å². The van der Waals surface area contributed by atoms with Gasteiger partial charge in [0, 0.05) is 12.6 Å². The van der Waals surface area contributed by atoms with Gasteiger partial charge in [0.25, 0.3) is 11.8 Å². The fourth-order valence-corrected chi connectivity index (χ4v) is 4.21. The Morgan fingerprint density at radius 3 is 2.61 bits per heavy atom. The van der Waals surface area contributed by atoms with Crippen LogP contribution in [0.2, 0.25) is 0 Å². The van der Waals surface area contributed by atoms with Crippen molar-refractivity contribution in [2.45, 2.75) is 6.92 Å². The first-order chi connectivity index (χ1) is 17.5. The molecule has 0 radical (unpaired) electrons. The Balaban J connectivity index is 0.00000200. The fourth-order valence-electron chi connectivity index (χ4n) is 4.21. The summed E-state index contributed by atoms with van der Waals surface area (Å²) in [6, 6.07) is 17.7. The first-order valence-corrected chi connectivity index (χ1v) is 11.5. The molecular weight excluding hydrogens is 529 g/mol. The van der Waals surface area contributed by atoms with E-state index in [1.807, 2.05) is 43.3 Å². The minimum Gasteiger partial charge on any atom is -0.496 e. The van der Waals surface area contributed by atoms with Gasteiger partial charge in [0.05, 0.1) is 41.7 Å². The molecule has 1 aliphatic heterocycles. The molecule has 9 nitrogen and oxygen atoms in total. The molecule has 2 amide bonds. The Morgan fingerprint density at radius 1 is 1.08 bits per heavy atom. The van der Waals surface area contributed by atoms with E-state index in [0.29, 0.717) is 47.1 Å². The number of rotatable bonds is 6. The Morgan fingerprint density at radius 2 is 1.87 bits per heavy atom. The number of aromatic nitrogens is 2. The molecule has 1 aromatic heterocycles. The number of ether oxygens (including phenoxy) is 2. The second-order valence-electron chi connectivity index (χ2n) is 8.31. The van der Waals surface area contributed by atoms with Gasteiger partial charge in [0.2, 0.25) is 5.90 Å². The van der Waals surface area contributed by atoms with Crippen molar-refractivity contribution < 1.29 is 19.1 Å². The average Bonchev–Trinajstić information content (AvgIpc) is 3.57. The predicted molar refractivity (Wildman–Crippen MR) is 153 cm³/mol. The van der Waals surface area contributed by atoms with Gasteiger partial charge in [-0.15, -0.1) is 24.8 Å². The lowest BCUT2D eigenvalue weighted by Gasteiger charge is -2.21. The van der Waals surface area contributed by atoms with Crippen molar-refractivity contribution in [2.75, 3.05) is 37.5 Å². The van der Waals surface area contributed by atoms with Crippen LogP contribution in [0.5, 0.6) is 5.75 Å². The molecule has 4 aromatic rings. The third-order valence-electron chi connectivity index (χ3n) is 5.96. The number of anilines is 2. The van der Waals surface area contributed by atoms with Gasteiger partial charge in [-0.2, -0.15) is 0 Å². The number of nitrogens with one attached hydrogen (secondary N) is 2. The number of methoxy groups -OCH3 is 1. The number of halogens is 2. The summed E-state index contributed by atoms with van der Waals surface area (Å²) in [5.74, 6) is 0.937. The Labute approximate surface area is 232 Å². The minimum absolute atomic E-state index is 0. The standard InChI is InChI=1S/C27H25N5O4.2ClH/c1-16-29-20-8-6-9-21(24(20)30-16)31-25(33)19-12-11-17(15-23(19)35-3)27(34)32(2)22-10-5-4-7-18(22)26-28-13-14-36-26;;/h4-12,15H,13-14H2,1-3H3,(H,29,30)(H,31,33);2*1H. The van der Waals surface area contributed by atoms with Crippen molar-refractivity contribution in [3.8, 4) is 5.75 Å². The molecule has 2 heterocycles. The van der Waals surface area contributed by atoms with Crippen LogP contribution in [-0.4, -0.2) is 55.0 Å². The third kappa shape index (κ3) is 5.44. The summed E-state index contributed by atoms with van der Waals surface area (Å²) in [6.07, 6.45) is 0. The van der Waals surface area contributed by atoms with Crippen molar-refractivity contribution >= 4 is 64.9 Å². The minimum atomic E-state index is -0.367. The van der Waals surface area contributed by atoms with Crippen LogP contribution in [0.25, 0.3) is 11.0 Å². The SMILES string of the molecule is COc1cc(C(=O)N(C)c2ccccc2C2=NCCO2)ccc1C(=O)Nc1cccc2[nH]c(C)nc12.Cl.Cl. The van der Waals surface area contributed by atoms with Gasteiger partial charge in [0.15, 0.2) is 0 Å². The maximum Gasteiger partial charge on any atom is 0.259 e. The normalized spacial score (nSPS) is 12.0. The molecule has 2 N–H and O–H groups in total. The Hall–Kier alpha value is -4.08. The number of nitrogens with zero attached hydrogens (tertiary/aromatic N) is 3. The average molecular weight is 556 g/mol. The largest absolute Gasteiger partial charge is 0.496 e. The highest BCUT2D eigenvalue weighted by Gasteiger charge is 2.23. The molecule has 0 spiro atoms. The number of fused-ring (bicyclic) bond motifs is 1. The molecule has 1 aliphatic rings. The molecular formula is C27H27Cl2N5O4. The highest BCUT2D eigenvalue weighted by atomic mass is 35.5. The number of benzene rings is 3. The molecule has 0 atom stereocenters. The maximum absolute atomic E-state index is 13.4. The number of carbonyl (C=O) groups excluding carboxylic acids is 2. The van der Waals surface area contributed by atoms with E-state index in [-0.39, 0.29) is 42.4 Å². The van der Waals surface area contributed by atoms with Crippen molar-refractivity contribution in [3.63, 3.8) is 0 Å². The number of carbonyl (C=O) groups is 2. The monoisotopic (exact) mass is 555 g/mol. The molecule has 0 saturated heterocycles. The van der Waals surface area contributed by atoms with E-state index >= 15 is 0 Å². The van der Waals surface area contributed by atoms with E-state index in [0.717, 1.165) is 16.9 Å². The van der Waals surface area contributed by atoms with Crippen LogP contribution in [0.15, 0.2) is 65.7 Å². The summed E-state index contributed by atoms with van der Waals surface area (Å²) < 4.78 is 11.1. The molecule has 0 unspecified atom stereocenters. The number of aliphatic imine (C=N–C) groups is 1. The highest BCUT2D eigenvalue weighted by Crippen LogP contribution is 2.28. The lowest BCUT2D eigenvalue weighted by atomic mass is 10.1. The molecule has 0 aliphatic carbocycles. The van der Waals surface area contributed by atoms with Crippen LogP contribution in [0, 0.1) is 6.92 Å². The van der Waals surface area contributed by atoms with Crippen LogP contribution >= 0.6 is 24.8 Å². The van der Waals surface area contributed by atoms with E-state index < -0.39 is 0 Å². The molecule has 11 heteroatoms. The van der Waals surface area contributed by atoms with Gasteiger partial charge in [-0.1, -0.05) is 18.2 Å². The van der Waals surface area contributed by atoms with Crippen LogP contribution in [0.1, 0.15) is 32.1 Å². The fraction of sp³-hybridized carbons (Fsp3) is 0.185. The third-order valence-corrected chi connectivity index (χ3v) is 5.96. The molecule has 3 aromatic carbocycles. The number of imidazole rings is 1. The van der Waals surface area contributed by atoms with E-state index in [2.05, 4.69) is 20.3 Å². The zero-order valence-electron chi connectivity index (χ0n) is 21.0. The van der Waals surface area contributed by atoms with Gasteiger partial charge in [-0.05, 0) is 49.4 Å². The van der Waals surface area contributed by atoms with E-state index in [9.17, 15) is 9.59 Å². The maximum atomic E-state index is 13.4. The molecule has 38 heavy (non-hydrogen) atoms. The molecule has 5 rings (SSSR count). The van der Waals surface area contributed by atoms with Crippen molar-refractivity contribution in [2.24, 2.45) is 4.99 Å². The highest BCUT2D eigenvalue weighted by molar-refractivity contribution is 6.13. The zero-order chi connectivity index (χ0) is 25.2. The Bertz CT molecular complexity index is 1520. The number of hydrogen-bond donors (Lipinski definition) is 2. The van der Waals surface area contributed by atoms with Crippen LogP contribution in [-0.2, 0) is 4.74 Å². The first-order valence-electron chi connectivity index (χ1n) is 11.5. The number of amides is 2. The smallest absolute Gasteiger partial charge is 0.259 e. The molecule has 198 valence electrons.